The molecule has 1 unspecified atom stereocenters. The van der Waals surface area contributed by atoms with Gasteiger partial charge in [0.15, 0.2) is 17.5 Å². The second-order valence-electron chi connectivity index (χ2n) is 4.58. The number of para-hydroxylation sites is 1. The van der Waals surface area contributed by atoms with Crippen molar-refractivity contribution < 1.29 is 9.13 Å². The van der Waals surface area contributed by atoms with E-state index in [9.17, 15) is 4.39 Å². The van der Waals surface area contributed by atoms with Gasteiger partial charge >= 0.3 is 0 Å². The number of hydrogen-bond donors (Lipinski definition) is 2. The highest BCUT2D eigenvalue weighted by molar-refractivity contribution is 5.77. The van der Waals surface area contributed by atoms with Gasteiger partial charge in [0.05, 0.1) is 6.54 Å². The number of nitrogens with one attached hydrogen (secondary N) is 1. The minimum Gasteiger partial charge on any atom is -0.485 e. The number of nitrogens with two attached hydrogens (primary N) is 1. The quantitative estimate of drug-likeness (QED) is 0.437. The molecule has 1 aromatic carbocycles. The van der Waals surface area contributed by atoms with Crippen molar-refractivity contribution in [2.24, 2.45) is 10.7 Å². The average Bonchev–Trinajstić information content (AvgIpc) is 2.45. The van der Waals surface area contributed by atoms with Crippen LogP contribution < -0.4 is 15.8 Å². The first kappa shape index (κ1) is 16.3. The number of aliphatic imine (C=N–C) groups is 1. The van der Waals surface area contributed by atoms with E-state index in [2.05, 4.69) is 17.2 Å². The summed E-state index contributed by atoms with van der Waals surface area (Å²) in [6, 6.07) is 6.38. The van der Waals surface area contributed by atoms with Crippen LogP contribution in [0, 0.1) is 5.82 Å². The van der Waals surface area contributed by atoms with E-state index >= 15 is 0 Å². The Hall–Kier alpha value is -1.78. The largest absolute Gasteiger partial charge is 0.485 e. The molecule has 0 aliphatic heterocycles. The second-order valence-corrected chi connectivity index (χ2v) is 4.58. The van der Waals surface area contributed by atoms with Crippen molar-refractivity contribution in [3.8, 4) is 5.75 Å². The van der Waals surface area contributed by atoms with Gasteiger partial charge in [-0.3, -0.25) is 0 Å². The molecule has 0 aliphatic carbocycles. The van der Waals surface area contributed by atoms with Crippen LogP contribution in [0.4, 0.5) is 4.39 Å². The maximum Gasteiger partial charge on any atom is 0.188 e. The molecule has 1 rings (SSSR count). The van der Waals surface area contributed by atoms with Crippen LogP contribution in [0.2, 0.25) is 0 Å². The van der Waals surface area contributed by atoms with Crippen LogP contribution in [0.5, 0.6) is 5.75 Å². The second kappa shape index (κ2) is 9.18. The molecule has 0 fully saturated rings. The summed E-state index contributed by atoms with van der Waals surface area (Å²) in [4.78, 5) is 4.23. The van der Waals surface area contributed by atoms with Gasteiger partial charge in [0.2, 0.25) is 0 Å². The number of unbranched alkanes of at least 4 members (excludes halogenated alkanes) is 1. The average molecular weight is 281 g/mol. The summed E-state index contributed by atoms with van der Waals surface area (Å²) in [7, 11) is 0. The lowest BCUT2D eigenvalue weighted by atomic mass is 10.2. The summed E-state index contributed by atoms with van der Waals surface area (Å²) in [6.45, 7) is 5.32. The number of ether oxygens (including phenoxy) is 1. The molecule has 3 N–H and O–H groups in total. The van der Waals surface area contributed by atoms with Crippen LogP contribution in [0.3, 0.4) is 0 Å². The van der Waals surface area contributed by atoms with Gasteiger partial charge in [0.1, 0.15) is 6.10 Å². The van der Waals surface area contributed by atoms with Crippen LogP contribution in [0.1, 0.15) is 33.1 Å². The standard InChI is InChI=1S/C15H24FN3O/c1-3-5-10-18-15(17)19-11-12(4-2)20-14-9-7-6-8-13(14)16/h6-9,12H,3-5,10-11H2,1-2H3,(H3,17,18,19). The number of halogens is 1. The molecular weight excluding hydrogens is 257 g/mol. The molecule has 1 atom stereocenters. The minimum absolute atomic E-state index is 0.182. The summed E-state index contributed by atoms with van der Waals surface area (Å²) in [5.74, 6) is 0.310. The normalized spacial score (nSPS) is 13.1. The Bertz CT molecular complexity index is 423. The van der Waals surface area contributed by atoms with E-state index in [0.29, 0.717) is 12.5 Å². The topological polar surface area (TPSA) is 59.6 Å². The lowest BCUT2D eigenvalue weighted by Crippen LogP contribution is -2.33. The number of guanidine groups is 1. The highest BCUT2D eigenvalue weighted by atomic mass is 19.1. The molecule has 20 heavy (non-hydrogen) atoms. The summed E-state index contributed by atoms with van der Waals surface area (Å²) < 4.78 is 19.1. The number of rotatable bonds is 8. The highest BCUT2D eigenvalue weighted by Crippen LogP contribution is 2.18. The zero-order chi connectivity index (χ0) is 14.8. The van der Waals surface area contributed by atoms with Crippen molar-refractivity contribution in [2.75, 3.05) is 13.1 Å². The first-order valence-corrected chi connectivity index (χ1v) is 7.12. The van der Waals surface area contributed by atoms with Gasteiger partial charge in [0, 0.05) is 6.54 Å². The third-order valence-electron chi connectivity index (χ3n) is 2.89. The molecule has 0 saturated heterocycles. The van der Waals surface area contributed by atoms with Crippen LogP contribution in [-0.4, -0.2) is 25.2 Å². The maximum absolute atomic E-state index is 13.5. The molecular formula is C15H24FN3O. The fourth-order valence-corrected chi connectivity index (χ4v) is 1.62. The molecule has 0 bridgehead atoms. The zero-order valence-electron chi connectivity index (χ0n) is 12.2. The smallest absolute Gasteiger partial charge is 0.188 e. The molecule has 0 saturated carbocycles. The SMILES string of the molecule is CCCCNC(N)=NCC(CC)Oc1ccccc1F. The fraction of sp³-hybridized carbons (Fsp3) is 0.533. The van der Waals surface area contributed by atoms with Crippen molar-refractivity contribution in [3.05, 3.63) is 30.1 Å². The molecule has 0 aliphatic rings. The Morgan fingerprint density at radius 3 is 2.80 bits per heavy atom. The molecule has 0 aromatic heterocycles. The van der Waals surface area contributed by atoms with Gasteiger partial charge in [-0.1, -0.05) is 32.4 Å². The first-order valence-electron chi connectivity index (χ1n) is 7.12. The van der Waals surface area contributed by atoms with Crippen molar-refractivity contribution in [2.45, 2.75) is 39.2 Å². The molecule has 0 amide bonds. The zero-order valence-corrected chi connectivity index (χ0v) is 12.2. The third-order valence-corrected chi connectivity index (χ3v) is 2.89. The molecule has 0 radical (unpaired) electrons. The Labute approximate surface area is 120 Å². The lowest BCUT2D eigenvalue weighted by molar-refractivity contribution is 0.197. The van der Waals surface area contributed by atoms with Crippen LogP contribution in [0.25, 0.3) is 0 Å². The maximum atomic E-state index is 13.5. The van der Waals surface area contributed by atoms with Crippen LogP contribution >= 0.6 is 0 Å². The van der Waals surface area contributed by atoms with E-state index in [-0.39, 0.29) is 17.7 Å². The van der Waals surface area contributed by atoms with Crippen molar-refractivity contribution >= 4 is 5.96 Å². The van der Waals surface area contributed by atoms with E-state index in [1.54, 1.807) is 18.2 Å². The molecule has 112 valence electrons. The Balaban J connectivity index is 2.47. The first-order chi connectivity index (χ1) is 9.67. The molecule has 1 aromatic rings. The summed E-state index contributed by atoms with van der Waals surface area (Å²) >= 11 is 0. The third kappa shape index (κ3) is 5.91. The number of hydrogen-bond acceptors (Lipinski definition) is 2. The van der Waals surface area contributed by atoms with Crippen LogP contribution in [0.15, 0.2) is 29.3 Å². The summed E-state index contributed by atoms with van der Waals surface area (Å²) in [6.07, 6.45) is 2.71. The number of nitrogens with zero attached hydrogens (tertiary/aromatic N) is 1. The minimum atomic E-state index is -0.357. The highest BCUT2D eigenvalue weighted by Gasteiger charge is 2.10. The van der Waals surface area contributed by atoms with E-state index in [1.807, 2.05) is 6.92 Å². The fourth-order valence-electron chi connectivity index (χ4n) is 1.62. The molecule has 0 heterocycles. The van der Waals surface area contributed by atoms with Gasteiger partial charge < -0.3 is 15.8 Å². The van der Waals surface area contributed by atoms with Gasteiger partial charge in [-0.25, -0.2) is 9.38 Å². The number of benzene rings is 1. The van der Waals surface area contributed by atoms with E-state index < -0.39 is 0 Å². The summed E-state index contributed by atoms with van der Waals surface area (Å²) in [5.41, 5.74) is 5.75. The monoisotopic (exact) mass is 281 g/mol. The Morgan fingerprint density at radius 1 is 1.40 bits per heavy atom. The van der Waals surface area contributed by atoms with Gasteiger partial charge in [-0.2, -0.15) is 0 Å². The summed E-state index contributed by atoms with van der Waals surface area (Å²) in [5, 5.41) is 3.04. The van der Waals surface area contributed by atoms with E-state index in [4.69, 9.17) is 10.5 Å². The predicted octanol–water partition coefficient (Wildman–Crippen LogP) is 2.69. The van der Waals surface area contributed by atoms with Gasteiger partial charge in [-0.15, -0.1) is 0 Å². The molecule has 0 spiro atoms. The Kier molecular flexibility index (Phi) is 7.47. The predicted molar refractivity (Wildman–Crippen MR) is 80.5 cm³/mol. The van der Waals surface area contributed by atoms with Crippen LogP contribution in [-0.2, 0) is 0 Å². The van der Waals surface area contributed by atoms with Gasteiger partial charge in [0.25, 0.3) is 0 Å². The molecule has 5 heteroatoms. The van der Waals surface area contributed by atoms with E-state index in [0.717, 1.165) is 25.8 Å². The lowest BCUT2D eigenvalue weighted by Gasteiger charge is -2.16. The Morgan fingerprint density at radius 2 is 2.15 bits per heavy atom. The van der Waals surface area contributed by atoms with Crippen molar-refractivity contribution in [1.29, 1.82) is 0 Å². The van der Waals surface area contributed by atoms with Gasteiger partial charge in [-0.05, 0) is 25.0 Å². The molecule has 4 nitrogen and oxygen atoms in total. The van der Waals surface area contributed by atoms with Crippen molar-refractivity contribution in [1.82, 2.24) is 5.32 Å². The van der Waals surface area contributed by atoms with Crippen molar-refractivity contribution in [3.63, 3.8) is 0 Å². The van der Waals surface area contributed by atoms with E-state index in [1.165, 1.54) is 6.07 Å².